The molecule has 0 bridgehead atoms. The molecule has 0 aromatic heterocycles. The normalized spacial score (nSPS) is 29.7. The molecule has 2 unspecified atom stereocenters. The van der Waals surface area contributed by atoms with E-state index in [-0.39, 0.29) is 0 Å². The summed E-state index contributed by atoms with van der Waals surface area (Å²) >= 11 is 6.98. The van der Waals surface area contributed by atoms with E-state index in [2.05, 4.69) is 41.0 Å². The average molecular weight is 359 g/mol. The van der Waals surface area contributed by atoms with E-state index in [0.29, 0.717) is 0 Å². The maximum atomic E-state index is 3.02. The molecule has 0 spiro atoms. The molecule has 0 nitrogen and oxygen atoms in total. The topological polar surface area (TPSA) is 0 Å². The maximum absolute atomic E-state index is 3.02. The molecule has 1 rings (SSSR count). The van der Waals surface area contributed by atoms with Gasteiger partial charge in [-0.15, -0.1) is 0 Å². The first kappa shape index (κ1) is 11.4. The first-order valence-corrected chi connectivity index (χ1v) is 8.73. The summed E-state index contributed by atoms with van der Waals surface area (Å²) in [5.41, 5.74) is 0. The molecule has 68 valence electrons. The van der Waals surface area contributed by atoms with E-state index in [0.717, 1.165) is 26.8 Å². The molecule has 1 aliphatic rings. The van der Waals surface area contributed by atoms with Crippen LogP contribution in [0.25, 0.3) is 0 Å². The van der Waals surface area contributed by atoms with Crippen molar-refractivity contribution in [2.24, 2.45) is 11.8 Å². The first-order valence-electron chi connectivity index (χ1n) is 4.33. The van der Waals surface area contributed by atoms with Crippen LogP contribution in [-0.4, -0.2) is 55.9 Å². The van der Waals surface area contributed by atoms with Crippen molar-refractivity contribution < 1.29 is 0 Å². The summed E-state index contributed by atoms with van der Waals surface area (Å²) in [6.07, 6.45) is 4.05. The van der Waals surface area contributed by atoms with Crippen molar-refractivity contribution in [2.45, 2.75) is 29.9 Å². The van der Waals surface area contributed by atoms with Crippen LogP contribution in [0.1, 0.15) is 19.3 Å². The van der Waals surface area contributed by atoms with Crippen molar-refractivity contribution in [3.05, 3.63) is 0 Å². The predicted octanol–water partition coefficient (Wildman–Crippen LogP) is 0.885. The summed E-state index contributed by atoms with van der Waals surface area (Å²) in [5, 5.41) is 3.01. The zero-order valence-electron chi connectivity index (χ0n) is 7.07. The van der Waals surface area contributed by atoms with Crippen LogP contribution in [0.3, 0.4) is 0 Å². The van der Waals surface area contributed by atoms with Crippen LogP contribution < -0.4 is 0 Å². The van der Waals surface area contributed by atoms with Crippen LogP contribution in [0.15, 0.2) is 0 Å². The molecule has 0 amide bonds. The third-order valence-corrected chi connectivity index (χ3v) is 5.73. The van der Waals surface area contributed by atoms with E-state index in [9.17, 15) is 0 Å². The predicted molar refractivity (Wildman–Crippen MR) is 59.8 cm³/mol. The van der Waals surface area contributed by atoms with Gasteiger partial charge in [-0.05, 0) is 0 Å². The minimum absolute atomic E-state index is 0.946. The van der Waals surface area contributed by atoms with Crippen LogP contribution in [0, 0.1) is 11.8 Å². The van der Waals surface area contributed by atoms with Crippen molar-refractivity contribution in [3.63, 3.8) is 0 Å². The first-order chi connectivity index (χ1) is 5.88. The summed E-state index contributed by atoms with van der Waals surface area (Å²) < 4.78 is 0. The molecule has 2 atom stereocenters. The van der Waals surface area contributed by atoms with Crippen LogP contribution in [0.2, 0.25) is 10.6 Å². The Kier molecular flexibility index (Phi) is 6.36. The minimum atomic E-state index is 0.946. The zero-order valence-corrected chi connectivity index (χ0v) is 12.2. The van der Waals surface area contributed by atoms with Gasteiger partial charge in [0.15, 0.2) is 0 Å². The Morgan fingerprint density at radius 2 is 1.83 bits per heavy atom. The van der Waals surface area contributed by atoms with E-state index >= 15 is 0 Å². The van der Waals surface area contributed by atoms with Crippen molar-refractivity contribution >= 4 is 55.9 Å². The molecule has 1 heterocycles. The molecule has 0 aromatic carbocycles. The van der Waals surface area contributed by atoms with Gasteiger partial charge >= 0.3 is 97.7 Å². The van der Waals surface area contributed by atoms with Gasteiger partial charge in [-0.3, -0.25) is 0 Å². The van der Waals surface area contributed by atoms with Gasteiger partial charge in [-0.25, -0.2) is 0 Å². The van der Waals surface area contributed by atoms with Gasteiger partial charge in [0.05, 0.1) is 0 Å². The van der Waals surface area contributed by atoms with E-state index in [1.54, 1.807) is 0 Å². The molecule has 1 fully saturated rings. The third kappa shape index (κ3) is 3.58. The standard InChI is InChI=1S/C9H14Se3/c10-4-1-8-3-6-12-7-9(8)2-5-11/h4-5,8-9H,1-3,6-7H2. The molecule has 0 aromatic rings. The summed E-state index contributed by atoms with van der Waals surface area (Å²) in [6, 6.07) is 0. The van der Waals surface area contributed by atoms with Crippen LogP contribution in [-0.2, 0) is 0 Å². The fourth-order valence-corrected chi connectivity index (χ4v) is 5.52. The fourth-order valence-electron chi connectivity index (χ4n) is 1.66. The molecule has 0 radical (unpaired) electrons. The molecule has 12 heavy (non-hydrogen) atoms. The molecule has 1 aliphatic heterocycles. The molecule has 0 saturated carbocycles. The summed E-state index contributed by atoms with van der Waals surface area (Å²) in [5.74, 6) is 1.94. The van der Waals surface area contributed by atoms with Gasteiger partial charge in [-0.1, -0.05) is 0 Å². The molecule has 0 aliphatic carbocycles. The number of hydrogen-bond donors (Lipinski definition) is 0. The summed E-state index contributed by atoms with van der Waals surface area (Å²) in [6.45, 7) is 0. The molecule has 1 saturated heterocycles. The van der Waals surface area contributed by atoms with E-state index in [1.165, 1.54) is 29.9 Å². The van der Waals surface area contributed by atoms with Gasteiger partial charge in [0.25, 0.3) is 0 Å². The Morgan fingerprint density at radius 1 is 1.17 bits per heavy atom. The Morgan fingerprint density at radius 3 is 2.50 bits per heavy atom. The second kappa shape index (κ2) is 6.71. The van der Waals surface area contributed by atoms with Crippen molar-refractivity contribution in [1.29, 1.82) is 0 Å². The quantitative estimate of drug-likeness (QED) is 0.654. The van der Waals surface area contributed by atoms with Gasteiger partial charge in [-0.2, -0.15) is 0 Å². The fraction of sp³-hybridized carbons (Fsp3) is 0.778. The van der Waals surface area contributed by atoms with Gasteiger partial charge in [0.1, 0.15) is 0 Å². The van der Waals surface area contributed by atoms with E-state index in [1.807, 2.05) is 0 Å². The van der Waals surface area contributed by atoms with E-state index < -0.39 is 0 Å². The van der Waals surface area contributed by atoms with Crippen molar-refractivity contribution in [3.8, 4) is 0 Å². The van der Waals surface area contributed by atoms with Crippen LogP contribution in [0.5, 0.6) is 0 Å². The van der Waals surface area contributed by atoms with Crippen LogP contribution >= 0.6 is 0 Å². The van der Waals surface area contributed by atoms with Gasteiger partial charge in [0.2, 0.25) is 0 Å². The SMILES string of the molecule is [Se]=CCC1CC[Se]CC1CC=[Se]. The van der Waals surface area contributed by atoms with Gasteiger partial charge in [0, 0.05) is 0 Å². The molecule has 3 heteroatoms. The molecular formula is C9H14Se3. The monoisotopic (exact) mass is 362 g/mol. The number of rotatable bonds is 4. The Balaban J connectivity index is 2.41. The summed E-state index contributed by atoms with van der Waals surface area (Å²) in [7, 11) is 0. The van der Waals surface area contributed by atoms with Crippen molar-refractivity contribution in [2.75, 3.05) is 0 Å². The third-order valence-electron chi connectivity index (χ3n) is 2.43. The zero-order chi connectivity index (χ0) is 8.81. The van der Waals surface area contributed by atoms with E-state index in [4.69, 9.17) is 0 Å². The second-order valence-electron chi connectivity index (χ2n) is 3.19. The van der Waals surface area contributed by atoms with Crippen molar-refractivity contribution in [1.82, 2.24) is 0 Å². The van der Waals surface area contributed by atoms with Crippen LogP contribution in [0.4, 0.5) is 0 Å². The molecular weight excluding hydrogens is 345 g/mol. The Hall–Kier alpha value is 1.30. The second-order valence-corrected chi connectivity index (χ2v) is 7.00. The average Bonchev–Trinajstić information content (AvgIpc) is 2.09. The Bertz CT molecular complexity index is 138. The van der Waals surface area contributed by atoms with Gasteiger partial charge < -0.3 is 0 Å². The summed E-state index contributed by atoms with van der Waals surface area (Å²) in [4.78, 5) is 4.44. The Labute approximate surface area is 97.1 Å². The number of hydrogen-bond acceptors (Lipinski definition) is 0. The molecule has 0 N–H and O–H groups in total.